The number of amides is 1. The third-order valence-electron chi connectivity index (χ3n) is 2.09. The molecule has 0 heterocycles. The topological polar surface area (TPSA) is 29.5 Å². The molecule has 3 nitrogen and oxygen atoms in total. The first-order chi connectivity index (χ1) is 7.31. The van der Waals surface area contributed by atoms with Gasteiger partial charge in [0, 0.05) is 6.54 Å². The van der Waals surface area contributed by atoms with Crippen molar-refractivity contribution in [2.75, 3.05) is 6.54 Å². The van der Waals surface area contributed by atoms with Gasteiger partial charge in [0.05, 0.1) is 6.04 Å². The van der Waals surface area contributed by atoms with Gasteiger partial charge < -0.3 is 4.74 Å². The van der Waals surface area contributed by atoms with E-state index in [9.17, 15) is 4.79 Å². The van der Waals surface area contributed by atoms with Crippen LogP contribution in [0.1, 0.15) is 47.5 Å². The van der Waals surface area contributed by atoms with Crippen molar-refractivity contribution in [3.8, 4) is 12.3 Å². The highest BCUT2D eigenvalue weighted by Crippen LogP contribution is 2.12. The van der Waals surface area contributed by atoms with Crippen LogP contribution in [0.25, 0.3) is 0 Å². The summed E-state index contributed by atoms with van der Waals surface area (Å²) >= 11 is 0. The van der Waals surface area contributed by atoms with Gasteiger partial charge in [0.15, 0.2) is 0 Å². The molecule has 0 aromatic carbocycles. The maximum atomic E-state index is 11.9. The molecule has 0 aliphatic heterocycles. The first-order valence-corrected chi connectivity index (χ1v) is 5.77. The molecule has 0 bridgehead atoms. The highest BCUT2D eigenvalue weighted by Gasteiger charge is 2.24. The molecule has 0 N–H and O–H groups in total. The zero-order valence-electron chi connectivity index (χ0n) is 11.0. The van der Waals surface area contributed by atoms with E-state index >= 15 is 0 Å². The maximum Gasteiger partial charge on any atom is 0.411 e. The number of carbonyl (C=O) groups is 1. The normalized spacial score (nSPS) is 12.8. The average Bonchev–Trinajstić information content (AvgIpc) is 2.15. The molecular weight excluding hydrogens is 202 g/mol. The molecule has 0 aromatic heterocycles. The monoisotopic (exact) mass is 225 g/mol. The zero-order chi connectivity index (χ0) is 12.8. The molecule has 0 saturated carbocycles. The van der Waals surface area contributed by atoms with Gasteiger partial charge in [0.2, 0.25) is 0 Å². The van der Waals surface area contributed by atoms with Crippen molar-refractivity contribution in [3.63, 3.8) is 0 Å². The lowest BCUT2D eigenvalue weighted by Crippen LogP contribution is -2.42. The molecule has 1 atom stereocenters. The molecule has 0 saturated heterocycles. The fourth-order valence-corrected chi connectivity index (χ4v) is 1.18. The van der Waals surface area contributed by atoms with E-state index in [2.05, 4.69) is 12.8 Å². The van der Waals surface area contributed by atoms with Crippen LogP contribution in [-0.2, 0) is 4.74 Å². The van der Waals surface area contributed by atoms with Gasteiger partial charge in [-0.2, -0.15) is 0 Å². The third-order valence-corrected chi connectivity index (χ3v) is 2.09. The number of hydrogen-bond donors (Lipinski definition) is 0. The van der Waals surface area contributed by atoms with Gasteiger partial charge in [0.1, 0.15) is 5.60 Å². The van der Waals surface area contributed by atoms with Gasteiger partial charge >= 0.3 is 6.09 Å². The maximum absolute atomic E-state index is 11.9. The molecule has 92 valence electrons. The average molecular weight is 225 g/mol. The van der Waals surface area contributed by atoms with E-state index < -0.39 is 5.60 Å². The second-order valence-corrected chi connectivity index (χ2v) is 4.87. The summed E-state index contributed by atoms with van der Waals surface area (Å²) in [5, 5.41) is 0. The third kappa shape index (κ3) is 5.65. The van der Waals surface area contributed by atoms with Crippen molar-refractivity contribution >= 4 is 6.09 Å². The Morgan fingerprint density at radius 1 is 1.50 bits per heavy atom. The van der Waals surface area contributed by atoms with Gasteiger partial charge in [-0.1, -0.05) is 19.3 Å². The van der Waals surface area contributed by atoms with Crippen molar-refractivity contribution in [2.45, 2.75) is 59.1 Å². The van der Waals surface area contributed by atoms with Gasteiger partial charge in [0.25, 0.3) is 0 Å². The molecule has 0 aromatic rings. The molecule has 1 unspecified atom stereocenters. The summed E-state index contributed by atoms with van der Waals surface area (Å²) in [6, 6.07) is -0.221. The van der Waals surface area contributed by atoms with Crippen LogP contribution < -0.4 is 0 Å². The van der Waals surface area contributed by atoms with Crippen LogP contribution in [0, 0.1) is 12.3 Å². The zero-order valence-corrected chi connectivity index (χ0v) is 11.0. The second-order valence-electron chi connectivity index (χ2n) is 4.87. The fraction of sp³-hybridized carbons (Fsp3) is 0.769. The van der Waals surface area contributed by atoms with Crippen molar-refractivity contribution in [2.24, 2.45) is 0 Å². The van der Waals surface area contributed by atoms with Crippen LogP contribution in [0.5, 0.6) is 0 Å². The van der Waals surface area contributed by atoms with Crippen LogP contribution in [0.3, 0.4) is 0 Å². The number of rotatable bonds is 4. The number of terminal acetylenes is 1. The fourth-order valence-electron chi connectivity index (χ4n) is 1.18. The predicted molar refractivity (Wildman–Crippen MR) is 66.1 cm³/mol. The standard InChI is InChI=1S/C13H23NO2/c1-7-9-10-14(11(3)8-2)12(15)16-13(4,5)6/h2,11H,7,9-10H2,1,3-6H3. The van der Waals surface area contributed by atoms with Crippen LogP contribution in [0.4, 0.5) is 4.79 Å². The summed E-state index contributed by atoms with van der Waals surface area (Å²) in [4.78, 5) is 13.5. The smallest absolute Gasteiger partial charge is 0.411 e. The SMILES string of the molecule is C#CC(C)N(CCCC)C(=O)OC(C)(C)C. The summed E-state index contributed by atoms with van der Waals surface area (Å²) in [5.41, 5.74) is -0.476. The minimum atomic E-state index is -0.476. The van der Waals surface area contributed by atoms with Crippen LogP contribution in [0.15, 0.2) is 0 Å². The highest BCUT2D eigenvalue weighted by atomic mass is 16.6. The van der Waals surface area contributed by atoms with E-state index in [-0.39, 0.29) is 12.1 Å². The summed E-state index contributed by atoms with van der Waals surface area (Å²) in [5.74, 6) is 2.57. The van der Waals surface area contributed by atoms with Gasteiger partial charge in [-0.3, -0.25) is 4.90 Å². The number of unbranched alkanes of at least 4 members (excludes halogenated alkanes) is 1. The van der Waals surface area contributed by atoms with E-state index in [0.717, 1.165) is 12.8 Å². The largest absolute Gasteiger partial charge is 0.444 e. The van der Waals surface area contributed by atoms with E-state index in [1.54, 1.807) is 4.90 Å². The minimum absolute atomic E-state index is 0.221. The summed E-state index contributed by atoms with van der Waals surface area (Å²) in [7, 11) is 0. The Balaban J connectivity index is 4.51. The van der Waals surface area contributed by atoms with Gasteiger partial charge in [-0.25, -0.2) is 4.79 Å². The summed E-state index contributed by atoms with van der Waals surface area (Å²) < 4.78 is 5.31. The summed E-state index contributed by atoms with van der Waals surface area (Å²) in [6.07, 6.45) is 6.98. The Morgan fingerprint density at radius 2 is 2.06 bits per heavy atom. The number of carbonyl (C=O) groups excluding carboxylic acids is 1. The molecule has 1 amide bonds. The lowest BCUT2D eigenvalue weighted by atomic mass is 10.2. The Labute approximate surface area is 99.2 Å². The molecule has 0 radical (unpaired) electrons. The molecule has 0 rings (SSSR count). The van der Waals surface area contributed by atoms with Crippen molar-refractivity contribution in [1.29, 1.82) is 0 Å². The van der Waals surface area contributed by atoms with Crippen molar-refractivity contribution in [1.82, 2.24) is 4.90 Å². The Hall–Kier alpha value is -1.17. The lowest BCUT2D eigenvalue weighted by Gasteiger charge is -2.29. The molecular formula is C13H23NO2. The van der Waals surface area contributed by atoms with E-state index in [1.807, 2.05) is 27.7 Å². The number of ether oxygens (including phenoxy) is 1. The Bertz CT molecular complexity index is 260. The van der Waals surface area contributed by atoms with Crippen LogP contribution in [-0.4, -0.2) is 29.2 Å². The van der Waals surface area contributed by atoms with E-state index in [1.165, 1.54) is 0 Å². The van der Waals surface area contributed by atoms with Crippen molar-refractivity contribution in [3.05, 3.63) is 0 Å². The lowest BCUT2D eigenvalue weighted by molar-refractivity contribution is 0.0216. The van der Waals surface area contributed by atoms with Gasteiger partial charge in [-0.15, -0.1) is 6.42 Å². The first kappa shape index (κ1) is 14.8. The molecule has 0 aliphatic rings. The first-order valence-electron chi connectivity index (χ1n) is 5.77. The molecule has 3 heteroatoms. The van der Waals surface area contributed by atoms with Crippen molar-refractivity contribution < 1.29 is 9.53 Å². The second kappa shape index (κ2) is 6.42. The molecule has 0 aliphatic carbocycles. The summed E-state index contributed by atoms with van der Waals surface area (Å²) in [6.45, 7) is 10.1. The number of nitrogens with zero attached hydrogens (tertiary/aromatic N) is 1. The van der Waals surface area contributed by atoms with E-state index in [0.29, 0.717) is 6.54 Å². The van der Waals surface area contributed by atoms with Crippen LogP contribution in [0.2, 0.25) is 0 Å². The molecule has 0 spiro atoms. The van der Waals surface area contributed by atoms with Gasteiger partial charge in [-0.05, 0) is 34.1 Å². The minimum Gasteiger partial charge on any atom is -0.444 e. The molecule has 16 heavy (non-hydrogen) atoms. The van der Waals surface area contributed by atoms with E-state index in [4.69, 9.17) is 11.2 Å². The number of hydrogen-bond acceptors (Lipinski definition) is 2. The van der Waals surface area contributed by atoms with Crippen LogP contribution >= 0.6 is 0 Å². The highest BCUT2D eigenvalue weighted by molar-refractivity contribution is 5.69. The Morgan fingerprint density at radius 3 is 2.44 bits per heavy atom. The Kier molecular flexibility index (Phi) is 5.95. The molecule has 0 fully saturated rings. The predicted octanol–water partition coefficient (Wildman–Crippen LogP) is 3.05. The quantitative estimate of drug-likeness (QED) is 0.688.